The number of aryl methyl sites for hydroxylation is 3. The quantitative estimate of drug-likeness (QED) is 0.529. The maximum Gasteiger partial charge on any atom is 0.264 e. The van der Waals surface area contributed by atoms with Crippen LogP contribution in [0.15, 0.2) is 77.7 Å². The number of hydrogen-bond acceptors (Lipinski definition) is 3. The monoisotopic (exact) mass is 436 g/mol. The predicted molar refractivity (Wildman–Crippen MR) is 125 cm³/mol. The van der Waals surface area contributed by atoms with Gasteiger partial charge in [-0.3, -0.25) is 9.10 Å². The molecule has 1 N–H and O–H groups in total. The van der Waals surface area contributed by atoms with Gasteiger partial charge in [0, 0.05) is 19.2 Å². The van der Waals surface area contributed by atoms with E-state index >= 15 is 0 Å². The van der Waals surface area contributed by atoms with E-state index in [9.17, 15) is 13.2 Å². The first kappa shape index (κ1) is 22.6. The summed E-state index contributed by atoms with van der Waals surface area (Å²) in [4.78, 5) is 12.8. The predicted octanol–water partition coefficient (Wildman–Crippen LogP) is 4.49. The molecule has 3 rings (SSSR count). The van der Waals surface area contributed by atoms with Crippen molar-refractivity contribution in [1.82, 2.24) is 5.32 Å². The lowest BCUT2D eigenvalue weighted by Crippen LogP contribution is -2.28. The SMILES string of the molecule is Cc1ccc(S(=O)(=O)N(C)c2cc(C(=O)NCCCc3ccccc3)ccc2C)cc1. The Morgan fingerprint density at radius 1 is 0.935 bits per heavy atom. The van der Waals surface area contributed by atoms with Crippen LogP contribution in [0, 0.1) is 13.8 Å². The van der Waals surface area contributed by atoms with Gasteiger partial charge < -0.3 is 5.32 Å². The maximum atomic E-state index is 13.0. The highest BCUT2D eigenvalue weighted by atomic mass is 32.2. The topological polar surface area (TPSA) is 66.5 Å². The van der Waals surface area contributed by atoms with Gasteiger partial charge in [0.1, 0.15) is 0 Å². The van der Waals surface area contributed by atoms with Crippen LogP contribution in [0.3, 0.4) is 0 Å². The average Bonchev–Trinajstić information content (AvgIpc) is 2.77. The lowest BCUT2D eigenvalue weighted by Gasteiger charge is -2.22. The molecule has 1 amide bonds. The highest BCUT2D eigenvalue weighted by Crippen LogP contribution is 2.26. The average molecular weight is 437 g/mol. The van der Waals surface area contributed by atoms with E-state index in [0.29, 0.717) is 17.8 Å². The third-order valence-corrected chi connectivity index (χ3v) is 7.05. The summed E-state index contributed by atoms with van der Waals surface area (Å²) >= 11 is 0. The molecular formula is C25H28N2O3S. The normalized spacial score (nSPS) is 11.2. The van der Waals surface area contributed by atoms with Crippen LogP contribution in [-0.4, -0.2) is 27.9 Å². The van der Waals surface area contributed by atoms with Gasteiger partial charge in [0.15, 0.2) is 0 Å². The van der Waals surface area contributed by atoms with E-state index in [-0.39, 0.29) is 10.8 Å². The highest BCUT2D eigenvalue weighted by Gasteiger charge is 2.23. The van der Waals surface area contributed by atoms with E-state index in [0.717, 1.165) is 24.0 Å². The summed E-state index contributed by atoms with van der Waals surface area (Å²) < 4.78 is 27.3. The van der Waals surface area contributed by atoms with Crippen LogP contribution >= 0.6 is 0 Å². The molecule has 3 aromatic rings. The van der Waals surface area contributed by atoms with Gasteiger partial charge >= 0.3 is 0 Å². The molecule has 0 aliphatic rings. The van der Waals surface area contributed by atoms with Crippen molar-refractivity contribution in [3.8, 4) is 0 Å². The van der Waals surface area contributed by atoms with Crippen molar-refractivity contribution >= 4 is 21.6 Å². The molecule has 0 bridgehead atoms. The summed E-state index contributed by atoms with van der Waals surface area (Å²) in [7, 11) is -2.21. The maximum absolute atomic E-state index is 13.0. The lowest BCUT2D eigenvalue weighted by molar-refractivity contribution is 0.0953. The molecule has 0 atom stereocenters. The summed E-state index contributed by atoms with van der Waals surface area (Å²) in [5.74, 6) is -0.213. The van der Waals surface area contributed by atoms with E-state index < -0.39 is 10.0 Å². The minimum atomic E-state index is -3.72. The Morgan fingerprint density at radius 2 is 1.61 bits per heavy atom. The molecule has 0 aromatic heterocycles. The molecule has 5 nitrogen and oxygen atoms in total. The van der Waals surface area contributed by atoms with Crippen LogP contribution < -0.4 is 9.62 Å². The molecule has 6 heteroatoms. The Morgan fingerprint density at radius 3 is 2.29 bits per heavy atom. The van der Waals surface area contributed by atoms with Crippen LogP contribution in [0.1, 0.15) is 33.5 Å². The number of rotatable bonds is 8. The minimum Gasteiger partial charge on any atom is -0.352 e. The first-order chi connectivity index (χ1) is 14.8. The van der Waals surface area contributed by atoms with Crippen molar-refractivity contribution in [3.63, 3.8) is 0 Å². The first-order valence-corrected chi connectivity index (χ1v) is 11.7. The van der Waals surface area contributed by atoms with Gasteiger partial charge in [0.2, 0.25) is 0 Å². The molecule has 3 aromatic carbocycles. The number of amides is 1. The fourth-order valence-corrected chi connectivity index (χ4v) is 4.58. The van der Waals surface area contributed by atoms with Gasteiger partial charge in [-0.1, -0.05) is 54.1 Å². The summed E-state index contributed by atoms with van der Waals surface area (Å²) in [5, 5.41) is 2.92. The first-order valence-electron chi connectivity index (χ1n) is 10.3. The second kappa shape index (κ2) is 9.79. The third kappa shape index (κ3) is 5.52. The number of sulfonamides is 1. The Labute approximate surface area is 184 Å². The van der Waals surface area contributed by atoms with Crippen LogP contribution in [0.5, 0.6) is 0 Å². The summed E-state index contributed by atoms with van der Waals surface area (Å²) in [5.41, 5.74) is 3.92. The molecule has 0 spiro atoms. The Kier molecular flexibility index (Phi) is 7.13. The molecule has 0 aliphatic heterocycles. The van der Waals surface area contributed by atoms with E-state index in [1.54, 1.807) is 42.5 Å². The number of anilines is 1. The third-order valence-electron chi connectivity index (χ3n) is 5.26. The van der Waals surface area contributed by atoms with Crippen molar-refractivity contribution in [2.75, 3.05) is 17.9 Å². The molecule has 0 aliphatic carbocycles. The van der Waals surface area contributed by atoms with Crippen LogP contribution in [-0.2, 0) is 16.4 Å². The van der Waals surface area contributed by atoms with Gasteiger partial charge in [-0.2, -0.15) is 0 Å². The number of carbonyl (C=O) groups excluding carboxylic acids is 1. The fourth-order valence-electron chi connectivity index (χ4n) is 3.33. The highest BCUT2D eigenvalue weighted by molar-refractivity contribution is 7.92. The van der Waals surface area contributed by atoms with Crippen molar-refractivity contribution in [3.05, 3.63) is 95.1 Å². The smallest absolute Gasteiger partial charge is 0.264 e. The number of hydrogen-bond donors (Lipinski definition) is 1. The van der Waals surface area contributed by atoms with Crippen molar-refractivity contribution in [2.45, 2.75) is 31.6 Å². The van der Waals surface area contributed by atoms with Crippen molar-refractivity contribution < 1.29 is 13.2 Å². The van der Waals surface area contributed by atoms with Crippen molar-refractivity contribution in [2.24, 2.45) is 0 Å². The Balaban J connectivity index is 1.70. The number of nitrogens with one attached hydrogen (secondary N) is 1. The van der Waals surface area contributed by atoms with Gasteiger partial charge in [-0.05, 0) is 62.1 Å². The Bertz CT molecular complexity index is 1140. The second-order valence-electron chi connectivity index (χ2n) is 7.63. The fraction of sp³-hybridized carbons (Fsp3) is 0.240. The molecule has 0 saturated carbocycles. The molecule has 0 radical (unpaired) electrons. The zero-order valence-electron chi connectivity index (χ0n) is 18.1. The standard InChI is InChI=1S/C25H28N2O3S/c1-19-11-15-23(16-12-19)31(29,30)27(3)24-18-22(14-13-20(24)2)25(28)26-17-7-10-21-8-5-4-6-9-21/h4-6,8-9,11-16,18H,7,10,17H2,1-3H3,(H,26,28). The molecule has 0 fully saturated rings. The lowest BCUT2D eigenvalue weighted by atomic mass is 10.1. The molecular weight excluding hydrogens is 408 g/mol. The Hall–Kier alpha value is -3.12. The minimum absolute atomic E-state index is 0.213. The summed E-state index contributed by atoms with van der Waals surface area (Å²) in [6, 6.07) is 22.0. The van der Waals surface area contributed by atoms with E-state index in [4.69, 9.17) is 0 Å². The number of nitrogens with zero attached hydrogens (tertiary/aromatic N) is 1. The van der Waals surface area contributed by atoms with Crippen LogP contribution in [0.2, 0.25) is 0 Å². The summed E-state index contributed by atoms with van der Waals surface area (Å²) in [6.07, 6.45) is 1.72. The second-order valence-corrected chi connectivity index (χ2v) is 9.60. The number of benzene rings is 3. The molecule has 162 valence electrons. The zero-order valence-corrected chi connectivity index (χ0v) is 18.9. The zero-order chi connectivity index (χ0) is 22.4. The molecule has 0 saturated heterocycles. The van der Waals surface area contributed by atoms with Gasteiger partial charge in [0.05, 0.1) is 10.6 Å². The molecule has 0 heterocycles. The summed E-state index contributed by atoms with van der Waals surface area (Å²) in [6.45, 7) is 4.29. The molecule has 0 unspecified atom stereocenters. The molecule has 31 heavy (non-hydrogen) atoms. The largest absolute Gasteiger partial charge is 0.352 e. The van der Waals surface area contributed by atoms with Gasteiger partial charge in [-0.25, -0.2) is 8.42 Å². The van der Waals surface area contributed by atoms with E-state index in [2.05, 4.69) is 17.4 Å². The van der Waals surface area contributed by atoms with E-state index in [1.165, 1.54) is 16.9 Å². The van der Waals surface area contributed by atoms with Gasteiger partial charge in [0.25, 0.3) is 15.9 Å². The van der Waals surface area contributed by atoms with Crippen LogP contribution in [0.4, 0.5) is 5.69 Å². The number of carbonyl (C=O) groups is 1. The van der Waals surface area contributed by atoms with Crippen molar-refractivity contribution in [1.29, 1.82) is 0 Å². The van der Waals surface area contributed by atoms with E-state index in [1.807, 2.05) is 32.0 Å². The van der Waals surface area contributed by atoms with Gasteiger partial charge in [-0.15, -0.1) is 0 Å². The van der Waals surface area contributed by atoms with Crippen LogP contribution in [0.25, 0.3) is 0 Å².